The molecule has 194 valence electrons. The molecule has 1 amide bonds. The van der Waals surface area contributed by atoms with Crippen molar-refractivity contribution in [2.75, 3.05) is 44.2 Å². The van der Waals surface area contributed by atoms with Gasteiger partial charge in [-0.15, -0.1) is 0 Å². The van der Waals surface area contributed by atoms with E-state index >= 15 is 0 Å². The van der Waals surface area contributed by atoms with Crippen LogP contribution in [0, 0.1) is 19.7 Å². The van der Waals surface area contributed by atoms with Crippen molar-refractivity contribution < 1.29 is 32.2 Å². The molecule has 2 aromatic carbocycles. The second kappa shape index (κ2) is 10.5. The first-order chi connectivity index (χ1) is 17.1. The van der Waals surface area contributed by atoms with Gasteiger partial charge in [0, 0.05) is 44.8 Å². The first kappa shape index (κ1) is 26.1. The molecule has 36 heavy (non-hydrogen) atoms. The van der Waals surface area contributed by atoms with Gasteiger partial charge in [-0.1, -0.05) is 6.07 Å². The minimum absolute atomic E-state index is 0.0348. The van der Waals surface area contributed by atoms with Crippen LogP contribution < -0.4 is 4.90 Å². The van der Waals surface area contributed by atoms with Crippen LogP contribution in [0.4, 0.5) is 10.1 Å². The van der Waals surface area contributed by atoms with E-state index in [0.717, 1.165) is 21.1 Å². The molecule has 1 N–H and O–H groups in total. The maximum Gasteiger partial charge on any atom is 0.325 e. The summed E-state index contributed by atoms with van der Waals surface area (Å²) in [5.74, 6) is -1.56. The lowest BCUT2D eigenvalue weighted by atomic mass is 10.1. The molecule has 0 aromatic heterocycles. The van der Waals surface area contributed by atoms with Crippen molar-refractivity contribution in [1.82, 2.24) is 9.21 Å². The highest BCUT2D eigenvalue weighted by Crippen LogP contribution is 2.28. The van der Waals surface area contributed by atoms with Crippen molar-refractivity contribution in [3.63, 3.8) is 0 Å². The molecule has 2 aliphatic rings. The van der Waals surface area contributed by atoms with Gasteiger partial charge in [0.05, 0.1) is 11.0 Å². The smallest absolute Gasteiger partial charge is 0.325 e. The third-order valence-corrected chi connectivity index (χ3v) is 8.62. The maximum atomic E-state index is 13.2. The van der Waals surface area contributed by atoms with Crippen LogP contribution in [-0.2, 0) is 24.3 Å². The fourth-order valence-electron chi connectivity index (χ4n) is 4.46. The van der Waals surface area contributed by atoms with Crippen molar-refractivity contribution in [3.8, 4) is 0 Å². The Morgan fingerprint density at radius 3 is 2.33 bits per heavy atom. The van der Waals surface area contributed by atoms with Crippen molar-refractivity contribution in [3.05, 3.63) is 59.4 Å². The molecule has 0 spiro atoms. The average molecular weight is 520 g/mol. The molecular formula is C25H30FN3O6S. The number of anilines is 1. The summed E-state index contributed by atoms with van der Waals surface area (Å²) >= 11 is 0. The predicted molar refractivity (Wildman–Crippen MR) is 130 cm³/mol. The fraction of sp³-hybridized carbons (Fsp3) is 0.440. The zero-order chi connectivity index (χ0) is 26.0. The Balaban J connectivity index is 1.34. The van der Waals surface area contributed by atoms with Gasteiger partial charge in [-0.2, -0.15) is 4.31 Å². The average Bonchev–Trinajstić information content (AvgIpc) is 3.27. The number of aliphatic hydroxyl groups excluding tert-OH is 1. The van der Waals surface area contributed by atoms with E-state index in [9.17, 15) is 27.5 Å². The first-order valence-electron chi connectivity index (χ1n) is 11.8. The van der Waals surface area contributed by atoms with E-state index < -0.39 is 34.7 Å². The zero-order valence-electron chi connectivity index (χ0n) is 20.3. The van der Waals surface area contributed by atoms with Crippen LogP contribution in [-0.4, -0.2) is 86.1 Å². The normalized spacial score (nSPS) is 21.0. The van der Waals surface area contributed by atoms with Gasteiger partial charge >= 0.3 is 5.97 Å². The zero-order valence-corrected chi connectivity index (χ0v) is 21.1. The quantitative estimate of drug-likeness (QED) is 0.576. The number of piperazine rings is 1. The number of sulfonamides is 1. The number of amides is 1. The number of benzene rings is 2. The fourth-order valence-corrected chi connectivity index (χ4v) is 6.17. The third kappa shape index (κ3) is 5.53. The number of ether oxygens (including phenoxy) is 1. The van der Waals surface area contributed by atoms with Gasteiger partial charge in [-0.3, -0.25) is 9.59 Å². The maximum absolute atomic E-state index is 13.2. The minimum Gasteiger partial charge on any atom is -0.454 e. The lowest BCUT2D eigenvalue weighted by Gasteiger charge is -2.36. The van der Waals surface area contributed by atoms with Crippen molar-refractivity contribution >= 4 is 27.6 Å². The van der Waals surface area contributed by atoms with Crippen LogP contribution >= 0.6 is 0 Å². The van der Waals surface area contributed by atoms with Crippen molar-refractivity contribution in [1.29, 1.82) is 0 Å². The highest BCUT2D eigenvalue weighted by atomic mass is 32.2. The number of rotatable bonds is 6. The number of esters is 1. The molecule has 0 radical (unpaired) electrons. The molecule has 1 unspecified atom stereocenters. The van der Waals surface area contributed by atoms with E-state index in [2.05, 4.69) is 0 Å². The number of carbonyl (C=O) groups is 2. The molecule has 0 aliphatic carbocycles. The van der Waals surface area contributed by atoms with Crippen LogP contribution in [0.1, 0.15) is 17.5 Å². The van der Waals surface area contributed by atoms with Crippen LogP contribution in [0.2, 0.25) is 0 Å². The molecule has 2 atom stereocenters. The number of β-amino-alcohol motifs (C(OH)–C–C–N with tert-alkyl or cyclic N) is 1. The van der Waals surface area contributed by atoms with Crippen molar-refractivity contribution in [2.45, 2.75) is 37.3 Å². The van der Waals surface area contributed by atoms with Crippen LogP contribution in [0.15, 0.2) is 47.4 Å². The predicted octanol–water partition coefficient (Wildman–Crippen LogP) is 1.46. The molecule has 2 saturated heterocycles. The lowest BCUT2D eigenvalue weighted by Crippen LogP contribution is -2.50. The van der Waals surface area contributed by atoms with Gasteiger partial charge in [0.1, 0.15) is 11.9 Å². The van der Waals surface area contributed by atoms with Gasteiger partial charge in [0.2, 0.25) is 10.0 Å². The second-order valence-corrected chi connectivity index (χ2v) is 11.1. The Labute approximate surface area is 210 Å². The first-order valence-corrected chi connectivity index (χ1v) is 13.2. The van der Waals surface area contributed by atoms with Gasteiger partial charge in [-0.25, -0.2) is 12.8 Å². The summed E-state index contributed by atoms with van der Waals surface area (Å²) in [6, 6.07) is 9.62. The molecular weight excluding hydrogens is 489 g/mol. The molecule has 4 rings (SSSR count). The summed E-state index contributed by atoms with van der Waals surface area (Å²) in [7, 11) is -4.05. The molecule has 2 fully saturated rings. The number of nitrogens with zero attached hydrogens (tertiary/aromatic N) is 3. The van der Waals surface area contributed by atoms with E-state index in [-0.39, 0.29) is 29.6 Å². The topological polar surface area (TPSA) is 107 Å². The summed E-state index contributed by atoms with van der Waals surface area (Å²) in [4.78, 5) is 29.1. The van der Waals surface area contributed by atoms with E-state index in [4.69, 9.17) is 4.74 Å². The third-order valence-electron chi connectivity index (χ3n) is 6.75. The van der Waals surface area contributed by atoms with E-state index in [1.807, 2.05) is 11.8 Å². The van der Waals surface area contributed by atoms with Crippen molar-refractivity contribution in [2.24, 2.45) is 0 Å². The van der Waals surface area contributed by atoms with Crippen LogP contribution in [0.3, 0.4) is 0 Å². The number of halogens is 1. The summed E-state index contributed by atoms with van der Waals surface area (Å²) in [5.41, 5.74) is 2.59. The van der Waals surface area contributed by atoms with Gasteiger partial charge in [0.15, 0.2) is 6.61 Å². The largest absolute Gasteiger partial charge is 0.454 e. The van der Waals surface area contributed by atoms with Gasteiger partial charge in [0.25, 0.3) is 5.91 Å². The highest BCUT2D eigenvalue weighted by Gasteiger charge is 2.44. The Kier molecular flexibility index (Phi) is 7.62. The summed E-state index contributed by atoms with van der Waals surface area (Å²) in [6.45, 7) is 4.82. The number of hydrogen-bond acceptors (Lipinski definition) is 7. The van der Waals surface area contributed by atoms with Crippen LogP contribution in [0.25, 0.3) is 0 Å². The summed E-state index contributed by atoms with van der Waals surface area (Å²) in [6.07, 6.45) is -1.12. The molecule has 2 aromatic rings. The Bertz CT molecular complexity index is 1230. The van der Waals surface area contributed by atoms with E-state index in [0.29, 0.717) is 26.2 Å². The molecule has 11 heteroatoms. The molecule has 2 heterocycles. The second-order valence-electron chi connectivity index (χ2n) is 9.18. The highest BCUT2D eigenvalue weighted by molar-refractivity contribution is 7.89. The SMILES string of the molecule is Cc1ccc(S(=O)(=O)N2CC(O)C[C@H]2C(=O)OCC(=O)N2CCN(c3ccc(F)cc3)CC2)cc1C. The Hall–Kier alpha value is -3.02. The van der Waals surface area contributed by atoms with Gasteiger partial charge < -0.3 is 19.6 Å². The number of carbonyl (C=O) groups excluding carboxylic acids is 2. The summed E-state index contributed by atoms with van der Waals surface area (Å²) in [5, 5.41) is 10.1. The number of aliphatic hydroxyl groups is 1. The lowest BCUT2D eigenvalue weighted by molar-refractivity contribution is -0.154. The number of hydrogen-bond donors (Lipinski definition) is 1. The van der Waals surface area contributed by atoms with E-state index in [1.165, 1.54) is 24.3 Å². The molecule has 9 nitrogen and oxygen atoms in total. The molecule has 0 bridgehead atoms. The minimum atomic E-state index is -4.05. The standard InChI is InChI=1S/C25H30FN3O6S/c1-17-3-8-22(13-18(17)2)36(33,34)29-15-21(30)14-23(29)25(32)35-16-24(31)28-11-9-27(10-12-28)20-6-4-19(26)5-7-20/h3-8,13,21,23,30H,9-12,14-16H2,1-2H3/t21?,23-/m0/s1. The Morgan fingerprint density at radius 1 is 1.03 bits per heavy atom. The molecule has 2 aliphatic heterocycles. The summed E-state index contributed by atoms with van der Waals surface area (Å²) < 4.78 is 45.8. The van der Waals surface area contributed by atoms with Gasteiger partial charge in [-0.05, 0) is 61.4 Å². The molecule has 0 saturated carbocycles. The Morgan fingerprint density at radius 2 is 1.69 bits per heavy atom. The van der Waals surface area contributed by atoms with Crippen LogP contribution in [0.5, 0.6) is 0 Å². The number of aryl methyl sites for hydroxylation is 2. The monoisotopic (exact) mass is 519 g/mol. The van der Waals surface area contributed by atoms with E-state index in [1.54, 1.807) is 30.0 Å².